The van der Waals surface area contributed by atoms with Crippen LogP contribution in [0.2, 0.25) is 0 Å². The predicted octanol–water partition coefficient (Wildman–Crippen LogP) is 1.16. The molecule has 0 spiro atoms. The molecule has 0 aliphatic heterocycles. The zero-order chi connectivity index (χ0) is 15.8. The van der Waals surface area contributed by atoms with Gasteiger partial charge in [0.2, 0.25) is 5.91 Å². The molecule has 0 saturated carbocycles. The van der Waals surface area contributed by atoms with Gasteiger partial charge in [-0.15, -0.1) is 0 Å². The van der Waals surface area contributed by atoms with Crippen LogP contribution in [0.15, 0.2) is 40.0 Å². The van der Waals surface area contributed by atoms with Crippen molar-refractivity contribution < 1.29 is 9.21 Å². The summed E-state index contributed by atoms with van der Waals surface area (Å²) in [7, 11) is 3.46. The van der Waals surface area contributed by atoms with Crippen LogP contribution in [0.4, 0.5) is 0 Å². The van der Waals surface area contributed by atoms with E-state index in [4.69, 9.17) is 4.42 Å². The zero-order valence-corrected chi connectivity index (χ0v) is 13.2. The highest BCUT2D eigenvalue weighted by Crippen LogP contribution is 2.08. The summed E-state index contributed by atoms with van der Waals surface area (Å²) < 4.78 is 5.31. The van der Waals surface area contributed by atoms with E-state index < -0.39 is 0 Å². The van der Waals surface area contributed by atoms with Crippen LogP contribution in [-0.2, 0) is 11.2 Å². The topological polar surface area (TPSA) is 69.9 Å². The fourth-order valence-corrected chi connectivity index (χ4v) is 2.13. The summed E-state index contributed by atoms with van der Waals surface area (Å²) >= 11 is 0. The molecular formula is C16H24N4O2. The summed E-state index contributed by atoms with van der Waals surface area (Å²) in [6.07, 6.45) is 8.73. The van der Waals surface area contributed by atoms with Crippen molar-refractivity contribution in [1.82, 2.24) is 15.5 Å². The van der Waals surface area contributed by atoms with E-state index in [0.29, 0.717) is 18.5 Å². The second-order valence-electron chi connectivity index (χ2n) is 5.49. The maximum Gasteiger partial charge on any atom is 0.243 e. The highest BCUT2D eigenvalue weighted by molar-refractivity contribution is 5.85. The Balaban J connectivity index is 1.85. The summed E-state index contributed by atoms with van der Waals surface area (Å²) in [6.45, 7) is 0.846. The van der Waals surface area contributed by atoms with Crippen LogP contribution in [0.1, 0.15) is 18.6 Å². The number of hydrogen-bond donors (Lipinski definition) is 2. The van der Waals surface area contributed by atoms with Crippen molar-refractivity contribution in [3.8, 4) is 0 Å². The van der Waals surface area contributed by atoms with Gasteiger partial charge in [0.05, 0.1) is 6.26 Å². The van der Waals surface area contributed by atoms with Gasteiger partial charge in [0.25, 0.3) is 0 Å². The highest BCUT2D eigenvalue weighted by Gasteiger charge is 2.12. The number of rotatable bonds is 6. The second kappa shape index (κ2) is 8.26. The first-order chi connectivity index (χ1) is 10.6. The van der Waals surface area contributed by atoms with Crippen LogP contribution in [-0.4, -0.2) is 50.0 Å². The first kappa shape index (κ1) is 16.1. The van der Waals surface area contributed by atoms with Gasteiger partial charge in [-0.3, -0.25) is 4.79 Å². The Bertz CT molecular complexity index is 512. The number of hydrogen-bond acceptors (Lipinski definition) is 3. The highest BCUT2D eigenvalue weighted by atomic mass is 16.3. The Morgan fingerprint density at radius 3 is 2.82 bits per heavy atom. The first-order valence-corrected chi connectivity index (χ1v) is 7.57. The minimum Gasteiger partial charge on any atom is -0.469 e. The minimum absolute atomic E-state index is 0.0170. The summed E-state index contributed by atoms with van der Waals surface area (Å²) in [5, 5.41) is 6.62. The lowest BCUT2D eigenvalue weighted by atomic mass is 10.2. The van der Waals surface area contributed by atoms with E-state index in [1.165, 1.54) is 0 Å². The number of aliphatic imine (C=N–C) groups is 1. The normalized spacial score (nSPS) is 15.1. The standard InChI is InChI=1S/C16H24N4O2/c1-20(2)15(21)12-18-16(19-13-6-3-4-7-13)17-10-9-14-8-5-11-22-14/h3-5,8,11,13H,6-7,9-10,12H2,1-2H3,(H2,17,18,19). The van der Waals surface area contributed by atoms with Crippen molar-refractivity contribution in [3.63, 3.8) is 0 Å². The average Bonchev–Trinajstić information content (AvgIpc) is 3.17. The van der Waals surface area contributed by atoms with Crippen molar-refractivity contribution in [2.75, 3.05) is 27.2 Å². The maximum atomic E-state index is 11.7. The summed E-state index contributed by atoms with van der Waals surface area (Å²) in [6, 6.07) is 4.18. The van der Waals surface area contributed by atoms with E-state index in [2.05, 4.69) is 27.8 Å². The summed E-state index contributed by atoms with van der Waals surface area (Å²) in [5.41, 5.74) is 0. The summed E-state index contributed by atoms with van der Waals surface area (Å²) in [5.74, 6) is 1.59. The van der Waals surface area contributed by atoms with Gasteiger partial charge in [-0.1, -0.05) is 12.2 Å². The minimum atomic E-state index is -0.0170. The Kier molecular flexibility index (Phi) is 6.06. The summed E-state index contributed by atoms with van der Waals surface area (Å²) in [4.78, 5) is 17.6. The third-order valence-electron chi connectivity index (χ3n) is 3.46. The lowest BCUT2D eigenvalue weighted by Crippen LogP contribution is -2.43. The van der Waals surface area contributed by atoms with Gasteiger partial charge in [-0.25, -0.2) is 4.99 Å². The quantitative estimate of drug-likeness (QED) is 0.470. The van der Waals surface area contributed by atoms with E-state index in [1.54, 1.807) is 25.3 Å². The van der Waals surface area contributed by atoms with E-state index in [0.717, 1.165) is 25.0 Å². The number of furan rings is 1. The zero-order valence-electron chi connectivity index (χ0n) is 13.2. The SMILES string of the molecule is CN(C)C(=O)CN=C(NCCc1ccco1)NC1CC=CC1. The second-order valence-corrected chi connectivity index (χ2v) is 5.49. The van der Waals surface area contributed by atoms with Gasteiger partial charge in [0.15, 0.2) is 5.96 Å². The molecule has 2 N–H and O–H groups in total. The first-order valence-electron chi connectivity index (χ1n) is 7.57. The number of nitrogens with one attached hydrogen (secondary N) is 2. The number of guanidine groups is 1. The number of nitrogens with zero attached hydrogens (tertiary/aromatic N) is 2. The van der Waals surface area contributed by atoms with Crippen molar-refractivity contribution in [3.05, 3.63) is 36.3 Å². The third-order valence-corrected chi connectivity index (χ3v) is 3.46. The fourth-order valence-electron chi connectivity index (χ4n) is 2.13. The molecule has 1 aliphatic rings. The van der Waals surface area contributed by atoms with Gasteiger partial charge in [0, 0.05) is 33.1 Å². The monoisotopic (exact) mass is 304 g/mol. The Hall–Kier alpha value is -2.24. The molecule has 0 atom stereocenters. The Morgan fingerprint density at radius 2 is 2.18 bits per heavy atom. The lowest BCUT2D eigenvalue weighted by molar-refractivity contribution is -0.127. The van der Waals surface area contributed by atoms with Crippen LogP contribution >= 0.6 is 0 Å². The number of amides is 1. The molecular weight excluding hydrogens is 280 g/mol. The van der Waals surface area contributed by atoms with Crippen LogP contribution in [0.5, 0.6) is 0 Å². The number of carbonyl (C=O) groups excluding carboxylic acids is 1. The van der Waals surface area contributed by atoms with Crippen molar-refractivity contribution in [1.29, 1.82) is 0 Å². The van der Waals surface area contributed by atoms with Gasteiger partial charge in [0.1, 0.15) is 12.3 Å². The molecule has 120 valence electrons. The molecule has 22 heavy (non-hydrogen) atoms. The van der Waals surface area contributed by atoms with Gasteiger partial charge < -0.3 is 20.0 Å². The third kappa shape index (κ3) is 5.27. The largest absolute Gasteiger partial charge is 0.469 e. The van der Waals surface area contributed by atoms with Crippen LogP contribution in [0, 0.1) is 0 Å². The van der Waals surface area contributed by atoms with Gasteiger partial charge in [-0.05, 0) is 25.0 Å². The smallest absolute Gasteiger partial charge is 0.243 e. The average molecular weight is 304 g/mol. The molecule has 2 rings (SSSR count). The molecule has 1 aromatic heterocycles. The molecule has 0 aromatic carbocycles. The van der Waals surface area contributed by atoms with Crippen molar-refractivity contribution >= 4 is 11.9 Å². The van der Waals surface area contributed by atoms with E-state index in [9.17, 15) is 4.79 Å². The fraction of sp³-hybridized carbons (Fsp3) is 0.500. The molecule has 0 bridgehead atoms. The molecule has 1 amide bonds. The molecule has 6 heteroatoms. The molecule has 1 aromatic rings. The maximum absolute atomic E-state index is 11.7. The molecule has 0 unspecified atom stereocenters. The molecule has 0 radical (unpaired) electrons. The van der Waals surface area contributed by atoms with Gasteiger partial charge in [-0.2, -0.15) is 0 Å². The Morgan fingerprint density at radius 1 is 1.41 bits per heavy atom. The Labute approximate surface area is 131 Å². The van der Waals surface area contributed by atoms with E-state index in [1.807, 2.05) is 12.1 Å². The molecule has 1 heterocycles. The van der Waals surface area contributed by atoms with Crippen molar-refractivity contribution in [2.45, 2.75) is 25.3 Å². The van der Waals surface area contributed by atoms with Crippen molar-refractivity contribution in [2.24, 2.45) is 4.99 Å². The number of likely N-dealkylation sites (N-methyl/N-ethyl adjacent to an activating group) is 1. The van der Waals surface area contributed by atoms with E-state index >= 15 is 0 Å². The number of carbonyl (C=O) groups is 1. The predicted molar refractivity (Wildman–Crippen MR) is 86.7 cm³/mol. The van der Waals surface area contributed by atoms with Gasteiger partial charge >= 0.3 is 0 Å². The molecule has 0 saturated heterocycles. The van der Waals surface area contributed by atoms with Crippen LogP contribution in [0.3, 0.4) is 0 Å². The van der Waals surface area contributed by atoms with E-state index in [-0.39, 0.29) is 12.5 Å². The molecule has 6 nitrogen and oxygen atoms in total. The lowest BCUT2D eigenvalue weighted by Gasteiger charge is -2.17. The molecule has 0 fully saturated rings. The van der Waals surface area contributed by atoms with Crippen LogP contribution < -0.4 is 10.6 Å². The van der Waals surface area contributed by atoms with Crippen LogP contribution in [0.25, 0.3) is 0 Å². The molecule has 1 aliphatic carbocycles.